The summed E-state index contributed by atoms with van der Waals surface area (Å²) in [6.07, 6.45) is 2.48. The molecule has 3 heterocycles. The quantitative estimate of drug-likeness (QED) is 0.866. The number of carbonyl (C=O) groups excluding carboxylic acids is 1. The summed E-state index contributed by atoms with van der Waals surface area (Å²) in [6, 6.07) is 1.43. The van der Waals surface area contributed by atoms with Crippen LogP contribution >= 0.6 is 0 Å². The SMILES string of the molecule is CCc1cc(C(=O)N[C@H](c2nc(C)no2)C2CCOCC2)n[nH]1. The van der Waals surface area contributed by atoms with Crippen LogP contribution in [0, 0.1) is 12.8 Å². The largest absolute Gasteiger partial charge is 0.381 e. The lowest BCUT2D eigenvalue weighted by Crippen LogP contribution is -2.36. The summed E-state index contributed by atoms with van der Waals surface area (Å²) >= 11 is 0. The van der Waals surface area contributed by atoms with Crippen molar-refractivity contribution in [2.75, 3.05) is 13.2 Å². The van der Waals surface area contributed by atoms with Gasteiger partial charge in [0.1, 0.15) is 11.7 Å². The van der Waals surface area contributed by atoms with Crippen molar-refractivity contribution in [3.63, 3.8) is 0 Å². The maximum atomic E-state index is 12.5. The van der Waals surface area contributed by atoms with E-state index >= 15 is 0 Å². The first-order valence-corrected chi connectivity index (χ1v) is 7.90. The van der Waals surface area contributed by atoms with Gasteiger partial charge >= 0.3 is 0 Å². The Labute approximate surface area is 134 Å². The fourth-order valence-corrected chi connectivity index (χ4v) is 2.74. The van der Waals surface area contributed by atoms with Crippen molar-refractivity contribution in [1.29, 1.82) is 0 Å². The van der Waals surface area contributed by atoms with E-state index in [0.717, 1.165) is 25.0 Å². The molecule has 8 nitrogen and oxygen atoms in total. The number of aromatic nitrogens is 4. The molecule has 0 saturated carbocycles. The van der Waals surface area contributed by atoms with Gasteiger partial charge in [-0.2, -0.15) is 10.1 Å². The third-order valence-electron chi connectivity index (χ3n) is 4.08. The molecular formula is C15H21N5O3. The van der Waals surface area contributed by atoms with E-state index in [1.54, 1.807) is 13.0 Å². The number of hydrogen-bond acceptors (Lipinski definition) is 6. The lowest BCUT2D eigenvalue weighted by molar-refractivity contribution is 0.0467. The van der Waals surface area contributed by atoms with Gasteiger partial charge in [-0.1, -0.05) is 12.1 Å². The first-order chi connectivity index (χ1) is 11.2. The van der Waals surface area contributed by atoms with Gasteiger partial charge < -0.3 is 14.6 Å². The summed E-state index contributed by atoms with van der Waals surface area (Å²) in [5.41, 5.74) is 1.29. The first-order valence-electron chi connectivity index (χ1n) is 7.90. The van der Waals surface area contributed by atoms with Crippen LogP contribution in [0.25, 0.3) is 0 Å². The zero-order valence-electron chi connectivity index (χ0n) is 13.3. The zero-order chi connectivity index (χ0) is 16.2. The lowest BCUT2D eigenvalue weighted by atomic mass is 9.91. The number of nitrogens with one attached hydrogen (secondary N) is 2. The summed E-state index contributed by atoms with van der Waals surface area (Å²) in [4.78, 5) is 16.8. The van der Waals surface area contributed by atoms with Gasteiger partial charge in [0, 0.05) is 18.9 Å². The number of aryl methyl sites for hydroxylation is 2. The Balaban J connectivity index is 1.78. The van der Waals surface area contributed by atoms with E-state index in [1.807, 2.05) is 6.92 Å². The second kappa shape index (κ2) is 6.91. The van der Waals surface area contributed by atoms with Gasteiger partial charge in [0.15, 0.2) is 5.82 Å². The Morgan fingerprint density at radius 3 is 2.87 bits per heavy atom. The molecule has 0 aromatic carbocycles. The normalized spacial score (nSPS) is 17.1. The lowest BCUT2D eigenvalue weighted by Gasteiger charge is -2.28. The third-order valence-corrected chi connectivity index (χ3v) is 4.08. The van der Waals surface area contributed by atoms with Gasteiger partial charge in [-0.3, -0.25) is 9.89 Å². The molecule has 1 saturated heterocycles. The summed E-state index contributed by atoms with van der Waals surface area (Å²) < 4.78 is 10.7. The molecule has 3 rings (SSSR count). The summed E-state index contributed by atoms with van der Waals surface area (Å²) in [7, 11) is 0. The number of rotatable bonds is 5. The van der Waals surface area contributed by atoms with Gasteiger partial charge in [0.25, 0.3) is 5.91 Å². The van der Waals surface area contributed by atoms with Gasteiger partial charge in [-0.25, -0.2) is 0 Å². The Bertz CT molecular complexity index is 660. The van der Waals surface area contributed by atoms with Crippen molar-refractivity contribution in [2.45, 2.75) is 39.2 Å². The molecule has 1 fully saturated rings. The number of carbonyl (C=O) groups is 1. The number of ether oxygens (including phenoxy) is 1. The Hall–Kier alpha value is -2.22. The first kappa shape index (κ1) is 15.7. The van der Waals surface area contributed by atoms with Gasteiger partial charge in [-0.15, -0.1) is 0 Å². The molecule has 8 heteroatoms. The van der Waals surface area contributed by atoms with Crippen LogP contribution in [0.1, 0.15) is 53.7 Å². The van der Waals surface area contributed by atoms with Crippen LogP contribution in [0.2, 0.25) is 0 Å². The number of H-pyrrole nitrogens is 1. The van der Waals surface area contributed by atoms with E-state index in [4.69, 9.17) is 9.26 Å². The highest BCUT2D eigenvalue weighted by molar-refractivity contribution is 5.92. The van der Waals surface area contributed by atoms with Crippen molar-refractivity contribution in [2.24, 2.45) is 5.92 Å². The van der Waals surface area contributed by atoms with E-state index in [1.165, 1.54) is 0 Å². The van der Waals surface area contributed by atoms with Crippen molar-refractivity contribution >= 4 is 5.91 Å². The molecule has 1 aliphatic heterocycles. The molecule has 23 heavy (non-hydrogen) atoms. The van der Waals surface area contributed by atoms with Crippen molar-refractivity contribution in [3.05, 3.63) is 29.2 Å². The highest BCUT2D eigenvalue weighted by Gasteiger charge is 2.31. The van der Waals surface area contributed by atoms with Crippen LogP contribution in [0.15, 0.2) is 10.6 Å². The molecule has 0 radical (unpaired) electrons. The smallest absolute Gasteiger partial charge is 0.272 e. The fourth-order valence-electron chi connectivity index (χ4n) is 2.74. The molecular weight excluding hydrogens is 298 g/mol. The maximum Gasteiger partial charge on any atom is 0.272 e. The van der Waals surface area contributed by atoms with Crippen molar-refractivity contribution in [1.82, 2.24) is 25.7 Å². The van der Waals surface area contributed by atoms with Crippen LogP contribution in [0.5, 0.6) is 0 Å². The molecule has 1 atom stereocenters. The van der Waals surface area contributed by atoms with E-state index in [2.05, 4.69) is 25.7 Å². The zero-order valence-corrected chi connectivity index (χ0v) is 13.3. The molecule has 124 valence electrons. The Morgan fingerprint density at radius 1 is 1.48 bits per heavy atom. The van der Waals surface area contributed by atoms with Crippen LogP contribution in [0.4, 0.5) is 0 Å². The van der Waals surface area contributed by atoms with Gasteiger partial charge in [-0.05, 0) is 38.2 Å². The van der Waals surface area contributed by atoms with Crippen LogP contribution in [-0.2, 0) is 11.2 Å². The topological polar surface area (TPSA) is 106 Å². The molecule has 1 amide bonds. The Morgan fingerprint density at radius 2 is 2.26 bits per heavy atom. The molecule has 1 aliphatic rings. The van der Waals surface area contributed by atoms with Gasteiger partial charge in [0.2, 0.25) is 5.89 Å². The molecule has 2 N–H and O–H groups in total. The number of nitrogens with zero attached hydrogens (tertiary/aromatic N) is 3. The number of aromatic amines is 1. The van der Waals surface area contributed by atoms with Gasteiger partial charge in [0.05, 0.1) is 0 Å². The van der Waals surface area contributed by atoms with Crippen LogP contribution < -0.4 is 5.32 Å². The maximum absolute atomic E-state index is 12.5. The second-order valence-corrected chi connectivity index (χ2v) is 5.71. The van der Waals surface area contributed by atoms with Crippen LogP contribution in [0.3, 0.4) is 0 Å². The van der Waals surface area contributed by atoms with Crippen LogP contribution in [-0.4, -0.2) is 39.5 Å². The van der Waals surface area contributed by atoms with E-state index in [0.29, 0.717) is 30.6 Å². The number of hydrogen-bond donors (Lipinski definition) is 2. The molecule has 2 aromatic rings. The molecule has 0 spiro atoms. The average Bonchev–Trinajstić information content (AvgIpc) is 3.22. The predicted molar refractivity (Wildman–Crippen MR) is 80.8 cm³/mol. The Kier molecular flexibility index (Phi) is 4.71. The highest BCUT2D eigenvalue weighted by Crippen LogP contribution is 2.29. The monoisotopic (exact) mass is 319 g/mol. The average molecular weight is 319 g/mol. The fraction of sp³-hybridized carbons (Fsp3) is 0.600. The van der Waals surface area contributed by atoms with E-state index in [-0.39, 0.29) is 17.9 Å². The molecule has 0 aliphatic carbocycles. The highest BCUT2D eigenvalue weighted by atomic mass is 16.5. The number of amides is 1. The molecule has 2 aromatic heterocycles. The minimum atomic E-state index is -0.325. The minimum Gasteiger partial charge on any atom is -0.381 e. The molecule has 0 bridgehead atoms. The summed E-state index contributed by atoms with van der Waals surface area (Å²) in [5, 5.41) is 13.7. The van der Waals surface area contributed by atoms with E-state index < -0.39 is 0 Å². The molecule has 0 unspecified atom stereocenters. The third kappa shape index (κ3) is 3.58. The summed E-state index contributed by atoms with van der Waals surface area (Å²) in [6.45, 7) is 5.11. The standard InChI is InChI=1S/C15H21N5O3/c1-3-11-8-12(19-18-11)14(21)17-13(10-4-6-22-7-5-10)15-16-9(2)20-23-15/h8,10,13H,3-7H2,1-2H3,(H,17,21)(H,18,19)/t13-/m0/s1. The van der Waals surface area contributed by atoms with Crippen molar-refractivity contribution < 1.29 is 14.1 Å². The summed E-state index contributed by atoms with van der Waals surface area (Å²) in [5.74, 6) is 0.957. The van der Waals surface area contributed by atoms with E-state index in [9.17, 15) is 4.79 Å². The second-order valence-electron chi connectivity index (χ2n) is 5.71. The van der Waals surface area contributed by atoms with Crippen molar-refractivity contribution in [3.8, 4) is 0 Å². The predicted octanol–water partition coefficient (Wildman–Crippen LogP) is 1.56. The minimum absolute atomic E-state index is 0.206.